The molecule has 176 valence electrons. The molecule has 1 aliphatic carbocycles. The largest absolute Gasteiger partial charge is 0.398 e. The quantitative estimate of drug-likeness (QED) is 0.496. The molecule has 2 aromatic heterocycles. The molecule has 3 heterocycles. The van der Waals surface area contributed by atoms with Crippen molar-refractivity contribution in [1.82, 2.24) is 20.2 Å². The van der Waals surface area contributed by atoms with Crippen LogP contribution in [0.2, 0.25) is 0 Å². The number of urea groups is 1. The van der Waals surface area contributed by atoms with Crippen LogP contribution in [0.25, 0.3) is 0 Å². The highest BCUT2D eigenvalue weighted by Crippen LogP contribution is 2.41. The fourth-order valence-corrected chi connectivity index (χ4v) is 6.19. The van der Waals surface area contributed by atoms with E-state index in [1.807, 2.05) is 41.4 Å². The fraction of sp³-hybridized carbons (Fsp3) is 0.360. The Hall–Kier alpha value is -3.46. The Morgan fingerprint density at radius 2 is 1.88 bits per heavy atom. The summed E-state index contributed by atoms with van der Waals surface area (Å²) in [5.74, 6) is -0.0683. The van der Waals surface area contributed by atoms with Gasteiger partial charge in [-0.05, 0) is 49.3 Å². The first-order valence-corrected chi connectivity index (χ1v) is 12.4. The molecule has 9 heteroatoms. The molecule has 3 aromatic rings. The number of thiazole rings is 1. The van der Waals surface area contributed by atoms with Crippen molar-refractivity contribution in [3.05, 3.63) is 75.5 Å². The van der Waals surface area contributed by atoms with Gasteiger partial charge in [-0.3, -0.25) is 9.78 Å². The predicted molar refractivity (Wildman–Crippen MR) is 132 cm³/mol. The minimum absolute atomic E-state index is 0.113. The molecule has 0 radical (unpaired) electrons. The van der Waals surface area contributed by atoms with E-state index >= 15 is 0 Å². The zero-order valence-electron chi connectivity index (χ0n) is 18.8. The lowest BCUT2D eigenvalue weighted by Crippen LogP contribution is -2.49. The second kappa shape index (κ2) is 9.42. The van der Waals surface area contributed by atoms with E-state index in [2.05, 4.69) is 21.4 Å². The summed E-state index contributed by atoms with van der Waals surface area (Å²) in [4.78, 5) is 36.7. The number of nitrogens with one attached hydrogen (secondary N) is 1. The number of hydrogen-bond acceptors (Lipinski definition) is 6. The van der Waals surface area contributed by atoms with Crippen molar-refractivity contribution in [1.29, 1.82) is 0 Å². The van der Waals surface area contributed by atoms with Crippen LogP contribution in [0, 0.1) is 0 Å². The first-order chi connectivity index (χ1) is 16.5. The number of para-hydroxylation sites is 1. The Morgan fingerprint density at radius 1 is 1.09 bits per heavy atom. The van der Waals surface area contributed by atoms with E-state index in [0.717, 1.165) is 41.8 Å². The number of amides is 3. The monoisotopic (exact) mass is 476 g/mol. The second-order valence-corrected chi connectivity index (χ2v) is 9.98. The lowest BCUT2D eigenvalue weighted by atomic mass is 9.82. The number of hydrogen-bond donors (Lipinski definition) is 3. The van der Waals surface area contributed by atoms with Crippen molar-refractivity contribution in [2.24, 2.45) is 5.73 Å². The summed E-state index contributed by atoms with van der Waals surface area (Å²) in [5.41, 5.74) is 15.3. The van der Waals surface area contributed by atoms with E-state index in [1.54, 1.807) is 6.20 Å². The van der Waals surface area contributed by atoms with Crippen LogP contribution in [-0.4, -0.2) is 39.4 Å². The Balaban J connectivity index is 1.35. The summed E-state index contributed by atoms with van der Waals surface area (Å²) >= 11 is 1.25. The number of carbonyl (C=O) groups is 2. The number of carbonyl (C=O) groups excluding carboxylic acids is 2. The number of nitrogen functional groups attached to an aromatic ring is 1. The number of nitrogens with zero attached hydrogens (tertiary/aromatic N) is 3. The standard InChI is InChI=1S/C25H28N6O2S/c26-19-6-2-1-5-18(19)21-22-20(30-24(34-22)23(27)32)11-13-31(21)25(33)29-17-9-7-15(8-10-17)16-4-3-12-28-14-16/h1-6,12,14-15,17,21H,7-11,13,26H2,(H2,27,32)(H,29,33). The summed E-state index contributed by atoms with van der Waals surface area (Å²) in [6.07, 6.45) is 8.20. The number of nitrogens with two attached hydrogens (primary N) is 2. The van der Waals surface area contributed by atoms with Crippen LogP contribution in [0.15, 0.2) is 48.8 Å². The fourth-order valence-electron chi connectivity index (χ4n) is 5.09. The Labute approximate surface area is 202 Å². The number of pyridine rings is 1. The smallest absolute Gasteiger partial charge is 0.318 e. The van der Waals surface area contributed by atoms with Crippen LogP contribution in [0.5, 0.6) is 0 Å². The zero-order chi connectivity index (χ0) is 23.7. The highest BCUT2D eigenvalue weighted by atomic mass is 32.1. The molecule has 8 nitrogen and oxygen atoms in total. The summed E-state index contributed by atoms with van der Waals surface area (Å²) in [7, 11) is 0. The van der Waals surface area contributed by atoms with Gasteiger partial charge in [-0.1, -0.05) is 24.3 Å². The molecule has 3 amide bonds. The van der Waals surface area contributed by atoms with Gasteiger partial charge in [0.05, 0.1) is 16.6 Å². The van der Waals surface area contributed by atoms with Gasteiger partial charge in [0.1, 0.15) is 0 Å². The second-order valence-electron chi connectivity index (χ2n) is 8.95. The van der Waals surface area contributed by atoms with E-state index < -0.39 is 11.9 Å². The SMILES string of the molecule is NC(=O)c1nc2c(s1)C(c1ccccc1N)N(C(=O)NC1CCC(c3cccnc3)CC1)CC2. The van der Waals surface area contributed by atoms with E-state index in [1.165, 1.54) is 16.9 Å². The lowest BCUT2D eigenvalue weighted by Gasteiger charge is -2.38. The molecule has 0 saturated heterocycles. The maximum absolute atomic E-state index is 13.5. The predicted octanol–water partition coefficient (Wildman–Crippen LogP) is 3.60. The molecule has 1 aliphatic heterocycles. The van der Waals surface area contributed by atoms with Gasteiger partial charge in [0, 0.05) is 42.7 Å². The van der Waals surface area contributed by atoms with Gasteiger partial charge in [0.25, 0.3) is 5.91 Å². The number of primary amides is 1. The van der Waals surface area contributed by atoms with Crippen molar-refractivity contribution in [3.8, 4) is 0 Å². The molecule has 5 N–H and O–H groups in total. The highest BCUT2D eigenvalue weighted by Gasteiger charge is 2.37. The van der Waals surface area contributed by atoms with Crippen LogP contribution in [0.3, 0.4) is 0 Å². The molecule has 2 aliphatic rings. The summed E-state index contributed by atoms with van der Waals surface area (Å²) in [6.45, 7) is 0.491. The van der Waals surface area contributed by atoms with E-state index in [-0.39, 0.29) is 17.1 Å². The lowest BCUT2D eigenvalue weighted by molar-refractivity contribution is 0.0999. The molecular formula is C25H28N6O2S. The Bertz CT molecular complexity index is 1190. The molecule has 1 unspecified atom stereocenters. The molecule has 5 rings (SSSR count). The van der Waals surface area contributed by atoms with Crippen molar-refractivity contribution < 1.29 is 9.59 Å². The molecule has 34 heavy (non-hydrogen) atoms. The van der Waals surface area contributed by atoms with Crippen molar-refractivity contribution >= 4 is 29.0 Å². The average molecular weight is 477 g/mol. The molecule has 1 atom stereocenters. The molecule has 1 saturated carbocycles. The van der Waals surface area contributed by atoms with Gasteiger partial charge in [-0.2, -0.15) is 0 Å². The number of benzene rings is 1. The third-order valence-electron chi connectivity index (χ3n) is 6.85. The van der Waals surface area contributed by atoms with Crippen LogP contribution in [-0.2, 0) is 6.42 Å². The average Bonchev–Trinajstić information content (AvgIpc) is 3.30. The Kier molecular flexibility index (Phi) is 6.19. The zero-order valence-corrected chi connectivity index (χ0v) is 19.6. The molecule has 1 aromatic carbocycles. The molecule has 1 fully saturated rings. The number of rotatable bonds is 4. The number of aromatic nitrogens is 2. The molecule has 0 bridgehead atoms. The van der Waals surface area contributed by atoms with Crippen LogP contribution in [0.1, 0.15) is 69.1 Å². The van der Waals surface area contributed by atoms with Gasteiger partial charge in [-0.25, -0.2) is 9.78 Å². The summed E-state index contributed by atoms with van der Waals surface area (Å²) in [6, 6.07) is 11.3. The Morgan fingerprint density at radius 3 is 2.59 bits per heavy atom. The van der Waals surface area contributed by atoms with E-state index in [0.29, 0.717) is 24.6 Å². The van der Waals surface area contributed by atoms with Gasteiger partial charge in [0.15, 0.2) is 5.01 Å². The third kappa shape index (κ3) is 4.35. The van der Waals surface area contributed by atoms with Crippen molar-refractivity contribution in [2.75, 3.05) is 12.3 Å². The van der Waals surface area contributed by atoms with Crippen LogP contribution in [0.4, 0.5) is 10.5 Å². The summed E-state index contributed by atoms with van der Waals surface area (Å²) in [5, 5.41) is 3.53. The maximum atomic E-state index is 13.5. The summed E-state index contributed by atoms with van der Waals surface area (Å²) < 4.78 is 0. The van der Waals surface area contributed by atoms with Gasteiger partial charge < -0.3 is 21.7 Å². The van der Waals surface area contributed by atoms with Crippen LogP contribution < -0.4 is 16.8 Å². The minimum Gasteiger partial charge on any atom is -0.398 e. The number of fused-ring (bicyclic) bond motifs is 1. The first-order valence-electron chi connectivity index (χ1n) is 11.6. The third-order valence-corrected chi connectivity index (χ3v) is 8.01. The molecular weight excluding hydrogens is 448 g/mol. The first kappa shape index (κ1) is 22.3. The van der Waals surface area contributed by atoms with E-state index in [4.69, 9.17) is 11.5 Å². The van der Waals surface area contributed by atoms with Crippen molar-refractivity contribution in [3.63, 3.8) is 0 Å². The van der Waals surface area contributed by atoms with E-state index in [9.17, 15) is 9.59 Å². The topological polar surface area (TPSA) is 127 Å². The minimum atomic E-state index is -0.555. The normalized spacial score (nSPS) is 22.1. The van der Waals surface area contributed by atoms with Gasteiger partial charge >= 0.3 is 6.03 Å². The van der Waals surface area contributed by atoms with Gasteiger partial charge in [-0.15, -0.1) is 11.3 Å². The molecule has 0 spiro atoms. The maximum Gasteiger partial charge on any atom is 0.318 e. The van der Waals surface area contributed by atoms with Gasteiger partial charge in [0.2, 0.25) is 0 Å². The highest BCUT2D eigenvalue weighted by molar-refractivity contribution is 7.13. The van der Waals surface area contributed by atoms with Crippen LogP contribution >= 0.6 is 11.3 Å². The van der Waals surface area contributed by atoms with Crippen molar-refractivity contribution in [2.45, 2.75) is 50.1 Å². The number of anilines is 1.